The summed E-state index contributed by atoms with van der Waals surface area (Å²) < 4.78 is 32.4. The van der Waals surface area contributed by atoms with Gasteiger partial charge >= 0.3 is 0 Å². The van der Waals surface area contributed by atoms with Crippen LogP contribution in [0.1, 0.15) is 48.8 Å². The lowest BCUT2D eigenvalue weighted by Gasteiger charge is -2.52. The average molecular weight is 485 g/mol. The minimum Gasteiger partial charge on any atom is -0.388 e. The van der Waals surface area contributed by atoms with E-state index in [-0.39, 0.29) is 17.8 Å². The number of piperidine rings is 1. The van der Waals surface area contributed by atoms with Crippen LogP contribution in [0.25, 0.3) is 0 Å². The van der Waals surface area contributed by atoms with Crippen LogP contribution in [0.5, 0.6) is 0 Å². The molecular formula is C27H36N2O4S. The van der Waals surface area contributed by atoms with Crippen LogP contribution >= 0.6 is 0 Å². The SMILES string of the molecule is COCCS(=O)(=O)Nc1cccc(C23CCCC(C2)N(CC2(O)Cc4ccccc4C2)CC3)c1. The Morgan fingerprint density at radius 1 is 1.12 bits per heavy atom. The van der Waals surface area contributed by atoms with Crippen molar-refractivity contribution in [2.75, 3.05) is 37.3 Å². The second kappa shape index (κ2) is 9.26. The van der Waals surface area contributed by atoms with Gasteiger partial charge in [-0.25, -0.2) is 8.42 Å². The molecule has 2 aromatic carbocycles. The zero-order valence-electron chi connectivity index (χ0n) is 20.0. The summed E-state index contributed by atoms with van der Waals surface area (Å²) >= 11 is 0. The van der Waals surface area contributed by atoms with Crippen molar-refractivity contribution in [2.45, 2.75) is 62.0 Å². The number of nitrogens with zero attached hydrogens (tertiary/aromatic N) is 1. The highest BCUT2D eigenvalue weighted by atomic mass is 32.2. The third-order valence-electron chi connectivity index (χ3n) is 8.17. The molecule has 2 bridgehead atoms. The summed E-state index contributed by atoms with van der Waals surface area (Å²) in [5.74, 6) is -0.0529. The minimum absolute atomic E-state index is 0.0529. The van der Waals surface area contributed by atoms with Gasteiger partial charge in [-0.05, 0) is 66.5 Å². The van der Waals surface area contributed by atoms with Crippen molar-refractivity contribution in [1.82, 2.24) is 4.90 Å². The van der Waals surface area contributed by atoms with Crippen LogP contribution in [-0.2, 0) is 33.0 Å². The molecule has 5 rings (SSSR count). The topological polar surface area (TPSA) is 78.9 Å². The van der Waals surface area contributed by atoms with Crippen LogP contribution in [0, 0.1) is 0 Å². The Labute approximate surface area is 203 Å². The fraction of sp³-hybridized carbons (Fsp3) is 0.556. The van der Waals surface area contributed by atoms with Crippen molar-refractivity contribution in [1.29, 1.82) is 0 Å². The number of sulfonamides is 1. The van der Waals surface area contributed by atoms with E-state index in [1.165, 1.54) is 23.8 Å². The molecule has 0 spiro atoms. The molecule has 2 unspecified atom stereocenters. The molecule has 2 fully saturated rings. The van der Waals surface area contributed by atoms with Gasteiger partial charge < -0.3 is 9.84 Å². The predicted molar refractivity (Wildman–Crippen MR) is 135 cm³/mol. The van der Waals surface area contributed by atoms with Gasteiger partial charge in [-0.2, -0.15) is 0 Å². The highest BCUT2D eigenvalue weighted by Crippen LogP contribution is 2.48. The van der Waals surface area contributed by atoms with Crippen molar-refractivity contribution in [3.63, 3.8) is 0 Å². The number of anilines is 1. The summed E-state index contributed by atoms with van der Waals surface area (Å²) in [6, 6.07) is 16.9. The number of methoxy groups -OCH3 is 1. The molecule has 7 heteroatoms. The Balaban J connectivity index is 1.29. The third-order valence-corrected chi connectivity index (χ3v) is 9.42. The maximum Gasteiger partial charge on any atom is 0.234 e. The van der Waals surface area contributed by atoms with Gasteiger partial charge in [0.15, 0.2) is 0 Å². The molecule has 34 heavy (non-hydrogen) atoms. The number of benzene rings is 2. The summed E-state index contributed by atoms with van der Waals surface area (Å²) in [5, 5.41) is 11.4. The van der Waals surface area contributed by atoms with Gasteiger partial charge in [-0.15, -0.1) is 0 Å². The molecule has 3 aliphatic rings. The van der Waals surface area contributed by atoms with E-state index in [0.29, 0.717) is 11.7 Å². The largest absolute Gasteiger partial charge is 0.388 e. The van der Waals surface area contributed by atoms with E-state index in [2.05, 4.69) is 40.0 Å². The lowest BCUT2D eigenvalue weighted by molar-refractivity contribution is -0.0328. The highest BCUT2D eigenvalue weighted by molar-refractivity contribution is 7.92. The molecule has 1 aliphatic heterocycles. The van der Waals surface area contributed by atoms with Crippen molar-refractivity contribution < 1.29 is 18.3 Å². The Kier molecular flexibility index (Phi) is 6.48. The van der Waals surface area contributed by atoms with E-state index >= 15 is 0 Å². The van der Waals surface area contributed by atoms with E-state index < -0.39 is 15.6 Å². The normalized spacial score (nSPS) is 26.2. The Bertz CT molecular complexity index is 1110. The molecule has 0 aromatic heterocycles. The molecule has 184 valence electrons. The maximum absolute atomic E-state index is 12.4. The zero-order valence-corrected chi connectivity index (χ0v) is 20.8. The molecule has 1 saturated carbocycles. The van der Waals surface area contributed by atoms with Gasteiger partial charge in [0.05, 0.1) is 18.0 Å². The number of aliphatic hydroxyl groups is 1. The van der Waals surface area contributed by atoms with Crippen molar-refractivity contribution in [2.24, 2.45) is 0 Å². The average Bonchev–Trinajstić information content (AvgIpc) is 3.16. The molecule has 2 atom stereocenters. The van der Waals surface area contributed by atoms with Crippen LogP contribution in [0.4, 0.5) is 5.69 Å². The second-order valence-electron chi connectivity index (χ2n) is 10.6. The smallest absolute Gasteiger partial charge is 0.234 e. The predicted octanol–water partition coefficient (Wildman–Crippen LogP) is 3.49. The first-order chi connectivity index (χ1) is 16.3. The summed E-state index contributed by atoms with van der Waals surface area (Å²) in [7, 11) is -1.92. The van der Waals surface area contributed by atoms with E-state index in [9.17, 15) is 13.5 Å². The molecule has 2 aromatic rings. The van der Waals surface area contributed by atoms with Crippen LogP contribution in [0.2, 0.25) is 0 Å². The molecule has 2 aliphatic carbocycles. The van der Waals surface area contributed by atoms with Gasteiger partial charge in [-0.3, -0.25) is 9.62 Å². The van der Waals surface area contributed by atoms with Gasteiger partial charge in [0.1, 0.15) is 0 Å². The van der Waals surface area contributed by atoms with Gasteiger partial charge in [0.25, 0.3) is 0 Å². The lowest BCUT2D eigenvalue weighted by atomic mass is 9.63. The summed E-state index contributed by atoms with van der Waals surface area (Å²) in [6.07, 6.45) is 7.03. The number of ether oxygens (including phenoxy) is 1. The van der Waals surface area contributed by atoms with Crippen LogP contribution in [0.3, 0.4) is 0 Å². The molecule has 6 nitrogen and oxygen atoms in total. The third kappa shape index (κ3) is 4.89. The highest BCUT2D eigenvalue weighted by Gasteiger charge is 2.46. The summed E-state index contributed by atoms with van der Waals surface area (Å²) in [5.41, 5.74) is 3.83. The molecule has 1 heterocycles. The number of nitrogens with one attached hydrogen (secondary N) is 1. The maximum atomic E-state index is 12.4. The van der Waals surface area contributed by atoms with E-state index in [1.807, 2.05) is 18.2 Å². The monoisotopic (exact) mass is 484 g/mol. The number of hydrogen-bond donors (Lipinski definition) is 2. The standard InChI is InChI=1S/C27H36N2O4S/c1-33-14-15-34(31,32)28-24-9-4-8-23(16-24)26-11-5-10-25(19-26)29(13-12-26)20-27(30)17-21-6-2-3-7-22(21)18-27/h2-4,6-9,16,25,28,30H,5,10-15,17-20H2,1H3. The molecular weight excluding hydrogens is 448 g/mol. The molecule has 1 saturated heterocycles. The quantitative estimate of drug-likeness (QED) is 0.600. The van der Waals surface area contributed by atoms with Crippen molar-refractivity contribution in [3.05, 3.63) is 65.2 Å². The first-order valence-electron chi connectivity index (χ1n) is 12.4. The van der Waals surface area contributed by atoms with E-state index in [0.717, 1.165) is 58.0 Å². The van der Waals surface area contributed by atoms with Crippen LogP contribution in [-0.4, -0.2) is 62.6 Å². The zero-order chi connectivity index (χ0) is 23.8. The van der Waals surface area contributed by atoms with Crippen LogP contribution < -0.4 is 4.72 Å². The second-order valence-corrected chi connectivity index (χ2v) is 12.4. The molecule has 0 amide bonds. The Hall–Kier alpha value is -1.93. The Morgan fingerprint density at radius 2 is 1.88 bits per heavy atom. The molecule has 2 N–H and O–H groups in total. The number of fused-ring (bicyclic) bond motifs is 3. The fourth-order valence-electron chi connectivity index (χ4n) is 6.52. The van der Waals surface area contributed by atoms with Crippen LogP contribution in [0.15, 0.2) is 48.5 Å². The van der Waals surface area contributed by atoms with Gasteiger partial charge in [0.2, 0.25) is 10.0 Å². The lowest BCUT2D eigenvalue weighted by Crippen LogP contribution is -2.56. The Morgan fingerprint density at radius 3 is 2.62 bits per heavy atom. The van der Waals surface area contributed by atoms with Gasteiger partial charge in [0, 0.05) is 38.2 Å². The first-order valence-corrected chi connectivity index (χ1v) is 14.1. The van der Waals surface area contributed by atoms with E-state index in [4.69, 9.17) is 4.74 Å². The summed E-state index contributed by atoms with van der Waals surface area (Å²) in [4.78, 5) is 2.53. The fourth-order valence-corrected chi connectivity index (χ4v) is 7.50. The number of β-amino-alcohol motifs (C(OH)–C–C–N with tert-alkyl or cyclic N) is 1. The number of hydrogen-bond acceptors (Lipinski definition) is 5. The van der Waals surface area contributed by atoms with Crippen molar-refractivity contribution in [3.8, 4) is 0 Å². The van der Waals surface area contributed by atoms with E-state index in [1.54, 1.807) is 0 Å². The number of likely N-dealkylation sites (tertiary alicyclic amines) is 1. The summed E-state index contributed by atoms with van der Waals surface area (Å²) in [6.45, 7) is 1.86. The first kappa shape index (κ1) is 23.8. The minimum atomic E-state index is -3.43. The number of rotatable bonds is 8. The van der Waals surface area contributed by atoms with Gasteiger partial charge in [-0.1, -0.05) is 42.8 Å². The molecule has 0 radical (unpaired) electrons. The van der Waals surface area contributed by atoms with Crippen molar-refractivity contribution >= 4 is 15.7 Å².